The van der Waals surface area contributed by atoms with E-state index in [1.54, 1.807) is 6.07 Å². The number of carbonyl (C=O) groups is 1. The van der Waals surface area contributed by atoms with Gasteiger partial charge >= 0.3 is 0 Å². The van der Waals surface area contributed by atoms with Gasteiger partial charge in [-0.2, -0.15) is 0 Å². The number of Topliss-reactive ketones (excluding diaryl/α,β-unsaturated/α-hetero) is 1. The number of ketones is 1. The first-order valence-corrected chi connectivity index (χ1v) is 10.8. The largest absolute Gasteiger partial charge is 0.354 e. The number of hydrogen-bond donors (Lipinski definition) is 1. The fraction of sp³-hybridized carbons (Fsp3) is 0.542. The fourth-order valence-corrected chi connectivity index (χ4v) is 4.03. The van der Waals surface area contributed by atoms with Gasteiger partial charge in [0.05, 0.1) is 0 Å². The lowest BCUT2D eigenvalue weighted by Gasteiger charge is -2.17. The zero-order valence-electron chi connectivity index (χ0n) is 17.7. The summed E-state index contributed by atoms with van der Waals surface area (Å²) in [5.74, 6) is 1.38. The smallest absolute Gasteiger partial charge is 0.222 e. The fourth-order valence-electron chi connectivity index (χ4n) is 4.03. The van der Waals surface area contributed by atoms with Crippen LogP contribution >= 0.6 is 0 Å². The Kier molecular flexibility index (Phi) is 7.34. The Morgan fingerprint density at radius 2 is 2.07 bits per heavy atom. The predicted molar refractivity (Wildman–Crippen MR) is 114 cm³/mol. The minimum atomic E-state index is -0.185. The summed E-state index contributed by atoms with van der Waals surface area (Å²) in [6, 6.07) is 6.84. The zero-order valence-corrected chi connectivity index (χ0v) is 17.7. The number of rotatable bonds is 11. The van der Waals surface area contributed by atoms with Crippen LogP contribution in [0.3, 0.4) is 0 Å². The minimum Gasteiger partial charge on any atom is -0.354 e. The van der Waals surface area contributed by atoms with Crippen molar-refractivity contribution in [2.75, 3.05) is 11.9 Å². The normalized spacial score (nSPS) is 19.0. The molecule has 5 heteroatoms. The average Bonchev–Trinajstić information content (AvgIpc) is 3.49. The first-order valence-electron chi connectivity index (χ1n) is 10.8. The second-order valence-electron chi connectivity index (χ2n) is 8.33. The lowest BCUT2D eigenvalue weighted by atomic mass is 9.95. The van der Waals surface area contributed by atoms with E-state index in [9.17, 15) is 9.18 Å². The number of aromatic nitrogens is 2. The van der Waals surface area contributed by atoms with E-state index in [1.807, 2.05) is 32.2 Å². The van der Waals surface area contributed by atoms with Crippen LogP contribution in [0.4, 0.5) is 10.3 Å². The standard InChI is InChI=1S/C24H32FN3O/c1-4-8-18(15-27-24-26-14-16(2)17(3)28-24)9-7-12-23(29)21-13-20(21)19-10-5-6-11-22(19)25/h5-6,10-11,14,18,20-21H,4,7-9,12-13,15H2,1-3H3,(H,26,27,28)/t18?,20-,21+/m0/s1. The Morgan fingerprint density at radius 1 is 1.28 bits per heavy atom. The maximum Gasteiger partial charge on any atom is 0.222 e. The van der Waals surface area contributed by atoms with Gasteiger partial charge in [-0.3, -0.25) is 4.79 Å². The molecule has 0 aliphatic heterocycles. The molecule has 1 unspecified atom stereocenters. The predicted octanol–water partition coefficient (Wildman–Crippen LogP) is 5.60. The summed E-state index contributed by atoms with van der Waals surface area (Å²) in [4.78, 5) is 21.4. The van der Waals surface area contributed by atoms with Crippen molar-refractivity contribution in [3.8, 4) is 0 Å². The summed E-state index contributed by atoms with van der Waals surface area (Å²) >= 11 is 0. The molecule has 0 amide bonds. The number of hydrogen-bond acceptors (Lipinski definition) is 4. The van der Waals surface area contributed by atoms with Crippen molar-refractivity contribution in [1.29, 1.82) is 0 Å². The van der Waals surface area contributed by atoms with Gasteiger partial charge in [-0.1, -0.05) is 31.5 Å². The van der Waals surface area contributed by atoms with Crippen molar-refractivity contribution in [3.05, 3.63) is 53.1 Å². The van der Waals surface area contributed by atoms with Gasteiger partial charge in [-0.25, -0.2) is 14.4 Å². The van der Waals surface area contributed by atoms with E-state index in [2.05, 4.69) is 22.2 Å². The first kappa shape index (κ1) is 21.4. The summed E-state index contributed by atoms with van der Waals surface area (Å²) in [7, 11) is 0. The van der Waals surface area contributed by atoms with Crippen LogP contribution in [-0.2, 0) is 4.79 Å². The summed E-state index contributed by atoms with van der Waals surface area (Å²) in [5, 5.41) is 3.36. The van der Waals surface area contributed by atoms with Crippen LogP contribution in [-0.4, -0.2) is 22.3 Å². The number of carbonyl (C=O) groups excluding carboxylic acids is 1. The summed E-state index contributed by atoms with van der Waals surface area (Å²) in [5.41, 5.74) is 2.79. The molecule has 156 valence electrons. The highest BCUT2D eigenvalue weighted by Gasteiger charge is 2.44. The van der Waals surface area contributed by atoms with Gasteiger partial charge in [0.1, 0.15) is 11.6 Å². The minimum absolute atomic E-state index is 0.0126. The molecule has 1 aliphatic carbocycles. The molecule has 0 spiro atoms. The van der Waals surface area contributed by atoms with Crippen molar-refractivity contribution in [1.82, 2.24) is 9.97 Å². The van der Waals surface area contributed by atoms with E-state index in [0.717, 1.165) is 49.9 Å². The molecule has 1 aromatic heterocycles. The van der Waals surface area contributed by atoms with E-state index >= 15 is 0 Å². The Balaban J connectivity index is 1.43. The molecule has 4 nitrogen and oxygen atoms in total. The topological polar surface area (TPSA) is 54.9 Å². The van der Waals surface area contributed by atoms with Crippen LogP contribution in [0.15, 0.2) is 30.5 Å². The second kappa shape index (κ2) is 9.95. The Bertz CT molecular complexity index is 839. The molecule has 1 fully saturated rings. The quantitative estimate of drug-likeness (QED) is 0.536. The Morgan fingerprint density at radius 3 is 2.79 bits per heavy atom. The molecule has 0 bridgehead atoms. The molecule has 2 aromatic rings. The van der Waals surface area contributed by atoms with Gasteiger partial charge in [0.15, 0.2) is 0 Å². The Hall–Kier alpha value is -2.30. The molecule has 1 N–H and O–H groups in total. The molecule has 3 atom stereocenters. The summed E-state index contributed by atoms with van der Waals surface area (Å²) in [6.45, 7) is 7.01. The van der Waals surface area contributed by atoms with Crippen LogP contribution in [0, 0.1) is 31.5 Å². The molecule has 29 heavy (non-hydrogen) atoms. The number of nitrogens with one attached hydrogen (secondary N) is 1. The van der Waals surface area contributed by atoms with Crippen LogP contribution in [0.5, 0.6) is 0 Å². The van der Waals surface area contributed by atoms with E-state index in [1.165, 1.54) is 6.07 Å². The van der Waals surface area contributed by atoms with E-state index in [-0.39, 0.29) is 17.7 Å². The maximum atomic E-state index is 13.9. The van der Waals surface area contributed by atoms with Crippen molar-refractivity contribution < 1.29 is 9.18 Å². The van der Waals surface area contributed by atoms with Crippen molar-refractivity contribution in [2.45, 2.75) is 65.2 Å². The van der Waals surface area contributed by atoms with Crippen molar-refractivity contribution in [2.24, 2.45) is 11.8 Å². The van der Waals surface area contributed by atoms with Crippen LogP contribution in [0.25, 0.3) is 0 Å². The molecular weight excluding hydrogens is 365 g/mol. The third kappa shape index (κ3) is 5.84. The van der Waals surface area contributed by atoms with Gasteiger partial charge < -0.3 is 5.32 Å². The van der Waals surface area contributed by atoms with Crippen LogP contribution in [0.2, 0.25) is 0 Å². The third-order valence-electron chi connectivity index (χ3n) is 6.01. The Labute approximate surface area is 173 Å². The molecule has 1 saturated carbocycles. The molecule has 0 radical (unpaired) electrons. The molecule has 1 heterocycles. The summed E-state index contributed by atoms with van der Waals surface area (Å²) in [6.07, 6.45) is 7.37. The van der Waals surface area contributed by atoms with Crippen LogP contribution < -0.4 is 5.32 Å². The zero-order chi connectivity index (χ0) is 20.8. The molecule has 1 aliphatic rings. The summed E-state index contributed by atoms with van der Waals surface area (Å²) < 4.78 is 13.9. The number of nitrogens with zero attached hydrogens (tertiary/aromatic N) is 2. The van der Waals surface area contributed by atoms with E-state index < -0.39 is 0 Å². The second-order valence-corrected chi connectivity index (χ2v) is 8.33. The highest BCUT2D eigenvalue weighted by Crippen LogP contribution is 2.49. The molecule has 1 aromatic carbocycles. The SMILES string of the molecule is CCCC(CCCC(=O)[C@@H]1C[C@H]1c1ccccc1F)CNc1ncc(C)c(C)n1. The van der Waals surface area contributed by atoms with Gasteiger partial charge in [0.25, 0.3) is 0 Å². The maximum absolute atomic E-state index is 13.9. The number of halogens is 1. The number of anilines is 1. The van der Waals surface area contributed by atoms with E-state index in [0.29, 0.717) is 29.6 Å². The van der Waals surface area contributed by atoms with Crippen LogP contribution in [0.1, 0.15) is 68.2 Å². The first-order chi connectivity index (χ1) is 14.0. The molecule has 0 saturated heterocycles. The third-order valence-corrected chi connectivity index (χ3v) is 6.01. The van der Waals surface area contributed by atoms with Gasteiger partial charge in [-0.15, -0.1) is 0 Å². The van der Waals surface area contributed by atoms with Gasteiger partial charge in [0, 0.05) is 30.8 Å². The number of benzene rings is 1. The number of aryl methyl sites for hydroxylation is 2. The van der Waals surface area contributed by atoms with E-state index in [4.69, 9.17) is 0 Å². The van der Waals surface area contributed by atoms with Crippen molar-refractivity contribution in [3.63, 3.8) is 0 Å². The highest BCUT2D eigenvalue weighted by atomic mass is 19.1. The van der Waals surface area contributed by atoms with Crippen molar-refractivity contribution >= 4 is 11.7 Å². The molecule has 3 rings (SSSR count). The molecular formula is C24H32FN3O. The average molecular weight is 398 g/mol. The highest BCUT2D eigenvalue weighted by molar-refractivity contribution is 5.85. The van der Waals surface area contributed by atoms with Gasteiger partial charge in [0.2, 0.25) is 5.95 Å². The van der Waals surface area contributed by atoms with Gasteiger partial charge in [-0.05, 0) is 68.6 Å². The lowest BCUT2D eigenvalue weighted by molar-refractivity contribution is -0.120. The monoisotopic (exact) mass is 397 g/mol. The lowest BCUT2D eigenvalue weighted by Crippen LogP contribution is -2.17.